The Bertz CT molecular complexity index is 1180. The van der Waals surface area contributed by atoms with Crippen molar-refractivity contribution in [1.29, 1.82) is 0 Å². The fraction of sp³-hybridized carbons (Fsp3) is 0.409. The first-order chi connectivity index (χ1) is 14.9. The Kier molecular flexibility index (Phi) is 6.06. The van der Waals surface area contributed by atoms with Crippen LogP contribution in [0.2, 0.25) is 0 Å². The Morgan fingerprint density at radius 1 is 1.10 bits per heavy atom. The van der Waals surface area contributed by atoms with E-state index < -0.39 is 9.84 Å². The molecule has 0 atom stereocenters. The quantitative estimate of drug-likeness (QED) is 0.581. The summed E-state index contributed by atoms with van der Waals surface area (Å²) >= 11 is 0. The van der Waals surface area contributed by atoms with Gasteiger partial charge >= 0.3 is 0 Å². The maximum absolute atomic E-state index is 13.5. The number of hydrogen-bond donors (Lipinski definition) is 0. The lowest BCUT2D eigenvalue weighted by Gasteiger charge is -2.34. The zero-order chi connectivity index (χ0) is 22.0. The fourth-order valence-corrected chi connectivity index (χ4v) is 4.44. The summed E-state index contributed by atoms with van der Waals surface area (Å²) in [5, 5.41) is 5.17. The molecule has 4 rings (SSSR count). The zero-order valence-corrected chi connectivity index (χ0v) is 18.7. The highest BCUT2D eigenvalue weighted by atomic mass is 32.2. The largest absolute Gasteiger partial charge is 0.336 e. The number of sulfone groups is 1. The number of aryl methyl sites for hydroxylation is 1. The Morgan fingerprint density at radius 3 is 2.45 bits per heavy atom. The van der Waals surface area contributed by atoms with Crippen molar-refractivity contribution in [1.82, 2.24) is 24.6 Å². The van der Waals surface area contributed by atoms with Gasteiger partial charge in [-0.05, 0) is 13.0 Å². The van der Waals surface area contributed by atoms with Crippen LogP contribution in [0.4, 0.5) is 0 Å². The average molecular weight is 442 g/mol. The molecule has 31 heavy (non-hydrogen) atoms. The molecule has 1 amide bonds. The van der Waals surface area contributed by atoms with Crippen molar-refractivity contribution in [2.45, 2.75) is 13.5 Å². The van der Waals surface area contributed by atoms with Gasteiger partial charge in [-0.3, -0.25) is 9.69 Å². The molecule has 9 heteroatoms. The molecule has 2 aromatic heterocycles. The molecule has 0 radical (unpaired) electrons. The van der Waals surface area contributed by atoms with Gasteiger partial charge in [0.2, 0.25) is 0 Å². The second-order valence-corrected chi connectivity index (χ2v) is 10.1. The smallest absolute Gasteiger partial charge is 0.254 e. The van der Waals surface area contributed by atoms with Gasteiger partial charge in [0.1, 0.15) is 9.84 Å². The number of pyridine rings is 1. The summed E-state index contributed by atoms with van der Waals surface area (Å²) in [6.45, 7) is 5.62. The monoisotopic (exact) mass is 441 g/mol. The molecule has 0 aliphatic carbocycles. The third kappa shape index (κ3) is 4.77. The summed E-state index contributed by atoms with van der Waals surface area (Å²) in [7, 11) is -2.99. The van der Waals surface area contributed by atoms with E-state index in [1.54, 1.807) is 6.20 Å². The lowest BCUT2D eigenvalue weighted by atomic mass is 10.1. The Morgan fingerprint density at radius 2 is 1.81 bits per heavy atom. The predicted octanol–water partition coefficient (Wildman–Crippen LogP) is 1.92. The van der Waals surface area contributed by atoms with Gasteiger partial charge in [0, 0.05) is 51.1 Å². The van der Waals surface area contributed by atoms with Crippen LogP contribution in [0.3, 0.4) is 0 Å². The predicted molar refractivity (Wildman–Crippen MR) is 121 cm³/mol. The molecule has 1 aliphatic rings. The summed E-state index contributed by atoms with van der Waals surface area (Å²) in [6.07, 6.45) is 2.97. The summed E-state index contributed by atoms with van der Waals surface area (Å²) < 4.78 is 24.7. The van der Waals surface area contributed by atoms with Crippen molar-refractivity contribution in [2.75, 3.05) is 44.7 Å². The summed E-state index contributed by atoms with van der Waals surface area (Å²) in [6, 6.07) is 11.7. The van der Waals surface area contributed by atoms with Crippen LogP contribution in [0.15, 0.2) is 42.6 Å². The average Bonchev–Trinajstić information content (AvgIpc) is 3.20. The Hall–Kier alpha value is -2.78. The van der Waals surface area contributed by atoms with E-state index in [2.05, 4.69) is 10.00 Å². The molecule has 3 aromatic rings. The minimum Gasteiger partial charge on any atom is -0.336 e. The van der Waals surface area contributed by atoms with Crippen LogP contribution >= 0.6 is 0 Å². The van der Waals surface area contributed by atoms with E-state index in [1.165, 1.54) is 6.26 Å². The highest BCUT2D eigenvalue weighted by Gasteiger charge is 2.25. The zero-order valence-electron chi connectivity index (χ0n) is 17.9. The minimum absolute atomic E-state index is 0.0389. The van der Waals surface area contributed by atoms with Crippen molar-refractivity contribution in [3.05, 3.63) is 48.2 Å². The van der Waals surface area contributed by atoms with Gasteiger partial charge in [0.05, 0.1) is 28.6 Å². The SMILES string of the molecule is CCn1ncc2c(C(=O)N3CCN(CCS(C)(=O)=O)CC3)cc(-c3ccccc3)nc21. The van der Waals surface area contributed by atoms with Crippen molar-refractivity contribution in [3.8, 4) is 11.3 Å². The summed E-state index contributed by atoms with van der Waals surface area (Å²) in [5.74, 6) is 0.103. The van der Waals surface area contributed by atoms with Crippen LogP contribution in [-0.2, 0) is 16.4 Å². The van der Waals surface area contributed by atoms with Crippen LogP contribution in [-0.4, -0.2) is 83.6 Å². The van der Waals surface area contributed by atoms with Crippen molar-refractivity contribution < 1.29 is 13.2 Å². The van der Waals surface area contributed by atoms with Gasteiger partial charge in [-0.1, -0.05) is 30.3 Å². The number of aromatic nitrogens is 3. The van der Waals surface area contributed by atoms with Crippen LogP contribution in [0.25, 0.3) is 22.3 Å². The van der Waals surface area contributed by atoms with Crippen LogP contribution in [0.5, 0.6) is 0 Å². The van der Waals surface area contributed by atoms with E-state index in [9.17, 15) is 13.2 Å². The number of carbonyl (C=O) groups excluding carboxylic acids is 1. The number of nitrogens with zero attached hydrogens (tertiary/aromatic N) is 5. The molecule has 1 saturated heterocycles. The second-order valence-electron chi connectivity index (χ2n) is 7.88. The van der Waals surface area contributed by atoms with Gasteiger partial charge < -0.3 is 4.90 Å². The second kappa shape index (κ2) is 8.76. The third-order valence-corrected chi connectivity index (χ3v) is 6.57. The van der Waals surface area contributed by atoms with E-state index in [0.717, 1.165) is 16.6 Å². The van der Waals surface area contributed by atoms with E-state index in [-0.39, 0.29) is 11.7 Å². The molecule has 0 saturated carbocycles. The molecule has 0 unspecified atom stereocenters. The number of rotatable bonds is 6. The standard InChI is InChI=1S/C22H27N5O3S/c1-3-27-21-19(16-23-27)18(15-20(24-21)17-7-5-4-6-8-17)22(28)26-11-9-25(10-12-26)13-14-31(2,29)30/h4-8,15-16H,3,9-14H2,1-2H3. The Balaban J connectivity index is 1.60. The molecule has 1 aliphatic heterocycles. The van der Waals surface area contributed by atoms with Gasteiger partial charge in [-0.2, -0.15) is 5.10 Å². The first kappa shape index (κ1) is 21.5. The molecule has 1 aromatic carbocycles. The summed E-state index contributed by atoms with van der Waals surface area (Å²) in [4.78, 5) is 22.2. The number of fused-ring (bicyclic) bond motifs is 1. The topological polar surface area (TPSA) is 88.4 Å². The third-order valence-electron chi connectivity index (χ3n) is 5.65. The number of piperazine rings is 1. The van der Waals surface area contributed by atoms with Crippen LogP contribution < -0.4 is 0 Å². The first-order valence-corrected chi connectivity index (χ1v) is 12.5. The maximum Gasteiger partial charge on any atom is 0.254 e. The lowest BCUT2D eigenvalue weighted by molar-refractivity contribution is 0.0646. The summed E-state index contributed by atoms with van der Waals surface area (Å²) in [5.41, 5.74) is 3.01. The number of carbonyl (C=O) groups is 1. The van der Waals surface area contributed by atoms with Crippen LogP contribution in [0, 0.1) is 0 Å². The minimum atomic E-state index is -2.99. The molecule has 3 heterocycles. The number of benzene rings is 1. The molecule has 164 valence electrons. The molecule has 1 fully saturated rings. The van der Waals surface area contributed by atoms with Crippen LogP contribution in [0.1, 0.15) is 17.3 Å². The molecular formula is C22H27N5O3S. The van der Waals surface area contributed by atoms with Gasteiger partial charge in [0.25, 0.3) is 5.91 Å². The van der Waals surface area contributed by atoms with E-state index in [0.29, 0.717) is 50.5 Å². The van der Waals surface area contributed by atoms with E-state index in [1.807, 2.05) is 52.9 Å². The van der Waals surface area contributed by atoms with E-state index in [4.69, 9.17) is 4.98 Å². The maximum atomic E-state index is 13.5. The fourth-order valence-electron chi connectivity index (χ4n) is 3.85. The highest BCUT2D eigenvalue weighted by molar-refractivity contribution is 7.90. The first-order valence-electron chi connectivity index (χ1n) is 10.5. The van der Waals surface area contributed by atoms with Gasteiger partial charge in [-0.15, -0.1) is 0 Å². The molecular weight excluding hydrogens is 414 g/mol. The Labute approximate surface area is 182 Å². The molecule has 0 bridgehead atoms. The molecule has 8 nitrogen and oxygen atoms in total. The van der Waals surface area contributed by atoms with Crippen molar-refractivity contribution >= 4 is 26.8 Å². The van der Waals surface area contributed by atoms with Crippen molar-refractivity contribution in [3.63, 3.8) is 0 Å². The highest BCUT2D eigenvalue weighted by Crippen LogP contribution is 2.26. The molecule has 0 spiro atoms. The van der Waals surface area contributed by atoms with Crippen molar-refractivity contribution in [2.24, 2.45) is 0 Å². The lowest BCUT2D eigenvalue weighted by Crippen LogP contribution is -2.49. The van der Waals surface area contributed by atoms with Gasteiger partial charge in [0.15, 0.2) is 5.65 Å². The van der Waals surface area contributed by atoms with E-state index >= 15 is 0 Å². The van der Waals surface area contributed by atoms with Gasteiger partial charge in [-0.25, -0.2) is 18.1 Å². The normalized spacial score (nSPS) is 15.5. The number of hydrogen-bond acceptors (Lipinski definition) is 6. The molecule has 0 N–H and O–H groups in total. The number of amides is 1.